The van der Waals surface area contributed by atoms with E-state index in [1.54, 1.807) is 25.7 Å². The lowest BCUT2D eigenvalue weighted by Gasteiger charge is -2.43. The fraction of sp³-hybridized carbons (Fsp3) is 0.829. The predicted molar refractivity (Wildman–Crippen MR) is 392 cm³/mol. The van der Waals surface area contributed by atoms with Gasteiger partial charge in [0.25, 0.3) is 0 Å². The second kappa shape index (κ2) is 47.3. The van der Waals surface area contributed by atoms with Crippen LogP contribution in [0.15, 0.2) is 24.8 Å². The number of aromatic nitrogens is 12. The summed E-state index contributed by atoms with van der Waals surface area (Å²) < 4.78 is 76.3. The Kier molecular flexibility index (Phi) is 38.6. The van der Waals surface area contributed by atoms with E-state index < -0.39 is 167 Å². The van der Waals surface area contributed by atoms with Gasteiger partial charge in [-0.15, -0.1) is 20.4 Å². The molecule has 8 rings (SSSR count). The molecule has 15 N–H and O–H groups in total. The number of carbonyl (C=O) groups excluding carboxylic acids is 4. The van der Waals surface area contributed by atoms with Crippen LogP contribution in [0.1, 0.15) is 97.4 Å². The Bertz CT molecular complexity index is 3280. The molecule has 0 radical (unpaired) electrons. The molecule has 4 aromatic rings. The maximum absolute atomic E-state index is 12.0. The van der Waals surface area contributed by atoms with E-state index in [0.29, 0.717) is 81.7 Å². The van der Waals surface area contributed by atoms with Crippen molar-refractivity contribution in [3.8, 4) is 0 Å². The van der Waals surface area contributed by atoms with Gasteiger partial charge in [-0.3, -0.25) is 29.0 Å². The van der Waals surface area contributed by atoms with E-state index in [4.69, 9.17) is 56.8 Å². The van der Waals surface area contributed by atoms with Gasteiger partial charge < -0.3 is 134 Å². The lowest BCUT2D eigenvalue weighted by Crippen LogP contribution is -2.64. The minimum Gasteiger partial charge on any atom is -0.394 e. The van der Waals surface area contributed by atoms with Gasteiger partial charge in [0.05, 0.1) is 167 Å². The molecule has 0 bridgehead atoms. The van der Waals surface area contributed by atoms with Crippen LogP contribution in [0.2, 0.25) is 0 Å². The molecule has 0 aromatic carbocycles. The highest BCUT2D eigenvalue weighted by Gasteiger charge is 2.49. The van der Waals surface area contributed by atoms with E-state index in [2.05, 4.69) is 93.1 Å². The van der Waals surface area contributed by atoms with Gasteiger partial charge in [-0.1, -0.05) is 55.0 Å². The minimum atomic E-state index is -1.46. The van der Waals surface area contributed by atoms with Gasteiger partial charge >= 0.3 is 0 Å². The second-order valence-electron chi connectivity index (χ2n) is 29.9. The predicted octanol–water partition coefficient (Wildman–Crippen LogP) is -7.48. The van der Waals surface area contributed by atoms with Crippen LogP contribution < -0.4 is 21.3 Å². The van der Waals surface area contributed by atoms with Gasteiger partial charge in [0, 0.05) is 90.6 Å². The first kappa shape index (κ1) is 93.9. The molecule has 0 aliphatic carbocycles. The molecule has 4 fully saturated rings. The quantitative estimate of drug-likeness (QED) is 0.0183. The van der Waals surface area contributed by atoms with Crippen molar-refractivity contribution in [2.45, 2.75) is 250 Å². The molecular weight excluding hydrogens is 1520 g/mol. The number of hydrogen-bond acceptors (Lipinski definition) is 37. The minimum absolute atomic E-state index is 0.0168. The molecule has 0 spiro atoms. The van der Waals surface area contributed by atoms with E-state index >= 15 is 0 Å². The highest BCUT2D eigenvalue weighted by atomic mass is 16.7. The molecular formula is C70H120N18O27. The summed E-state index contributed by atoms with van der Waals surface area (Å²) in [6.07, 6.45) is -9.03. The summed E-state index contributed by atoms with van der Waals surface area (Å²) >= 11 is 0. The Morgan fingerprint density at radius 1 is 0.417 bits per heavy atom. The van der Waals surface area contributed by atoms with E-state index in [-0.39, 0.29) is 96.6 Å². The van der Waals surface area contributed by atoms with Crippen LogP contribution in [0.3, 0.4) is 0 Å². The Morgan fingerprint density at radius 2 is 0.704 bits per heavy atom. The number of rotatable bonds is 50. The molecule has 4 aromatic heterocycles. The summed E-state index contributed by atoms with van der Waals surface area (Å²) in [6, 6.07) is -4.05. The van der Waals surface area contributed by atoms with Gasteiger partial charge in [-0.25, -0.2) is 18.7 Å². The highest BCUT2D eigenvalue weighted by Crippen LogP contribution is 2.33. The van der Waals surface area contributed by atoms with Crippen molar-refractivity contribution >= 4 is 23.6 Å². The van der Waals surface area contributed by atoms with Crippen molar-refractivity contribution < 1.29 is 132 Å². The SMILES string of the molecule is CC(=O)NC1C(OCCOCCn2cc(CN(Cc3cn(CCOCCOC4OC(CO)C(O)C(O)C4NC(C)=O)nn3)[C@H](CCCCN(Cc3cn(CCOCCOC4OC(CO)C(O)C(O)C4NC(C)=O)nn3)Cc3cn(CCOCCOC4OC(CO)C(O)C(O)C4NC(C)=O)nn3)C(C)(C)C)nn2)OC(CO)C(O)C1C. The number of carbonyl (C=O) groups is 4. The zero-order valence-corrected chi connectivity index (χ0v) is 66.4. The van der Waals surface area contributed by atoms with E-state index in [0.717, 1.165) is 19.3 Å². The molecule has 4 saturated heterocycles. The van der Waals surface area contributed by atoms with Crippen LogP contribution in [0.4, 0.5) is 0 Å². The fourth-order valence-corrected chi connectivity index (χ4v) is 13.9. The number of hydrogen-bond donors (Lipinski definition) is 15. The number of unbranched alkanes of at least 4 members (excludes halogenated alkanes) is 1. The normalized spacial score (nSPS) is 28.3. The van der Waals surface area contributed by atoms with Crippen molar-refractivity contribution in [3.05, 3.63) is 47.6 Å². The monoisotopic (exact) mass is 1640 g/mol. The van der Waals surface area contributed by atoms with Gasteiger partial charge in [-0.05, 0) is 24.8 Å². The van der Waals surface area contributed by atoms with Crippen molar-refractivity contribution in [3.63, 3.8) is 0 Å². The molecule has 45 heteroatoms. The molecule has 4 amide bonds. The van der Waals surface area contributed by atoms with E-state index in [1.165, 1.54) is 27.7 Å². The van der Waals surface area contributed by atoms with Crippen LogP contribution in [0.5, 0.6) is 0 Å². The van der Waals surface area contributed by atoms with Crippen molar-refractivity contribution in [1.82, 2.24) is 91.0 Å². The average molecular weight is 1650 g/mol. The maximum Gasteiger partial charge on any atom is 0.217 e. The van der Waals surface area contributed by atoms with Gasteiger partial charge in [-0.2, -0.15) is 0 Å². The third-order valence-electron chi connectivity index (χ3n) is 19.8. The Hall–Kier alpha value is -6.56. The molecule has 0 saturated carbocycles. The molecule has 45 nitrogen and oxygen atoms in total. The molecule has 4 aliphatic rings. The Morgan fingerprint density at radius 3 is 1.00 bits per heavy atom. The van der Waals surface area contributed by atoms with Gasteiger partial charge in [0.1, 0.15) is 79.2 Å². The van der Waals surface area contributed by atoms with Crippen LogP contribution >= 0.6 is 0 Å². The van der Waals surface area contributed by atoms with E-state index in [1.807, 2.05) is 24.8 Å². The molecule has 20 unspecified atom stereocenters. The lowest BCUT2D eigenvalue weighted by molar-refractivity contribution is -0.272. The summed E-state index contributed by atoms with van der Waals surface area (Å²) in [5.74, 6) is -2.24. The zero-order valence-electron chi connectivity index (χ0n) is 66.4. The molecule has 115 heavy (non-hydrogen) atoms. The fourth-order valence-electron chi connectivity index (χ4n) is 13.9. The lowest BCUT2D eigenvalue weighted by atomic mass is 9.82. The summed E-state index contributed by atoms with van der Waals surface area (Å²) in [5.41, 5.74) is 2.34. The molecule has 21 atom stereocenters. The van der Waals surface area contributed by atoms with Crippen molar-refractivity contribution in [1.29, 1.82) is 0 Å². The third kappa shape index (κ3) is 29.1. The molecule has 652 valence electrons. The van der Waals surface area contributed by atoms with Crippen LogP contribution in [-0.4, -0.2) is 384 Å². The summed E-state index contributed by atoms with van der Waals surface area (Å²) in [4.78, 5) is 52.3. The van der Waals surface area contributed by atoms with Crippen LogP contribution in [0, 0.1) is 11.3 Å². The topological polar surface area (TPSA) is 579 Å². The first-order valence-corrected chi connectivity index (χ1v) is 38.8. The van der Waals surface area contributed by atoms with E-state index in [9.17, 15) is 75.3 Å². The maximum atomic E-state index is 12.0. The molecule has 8 heterocycles. The number of aliphatic hydroxyl groups excluding tert-OH is 11. The zero-order chi connectivity index (χ0) is 83.3. The standard InChI is InChI=1S/C70H120N18O27/c1-41-55(71-42(2)93)66(112-50(37-89)59(41)97)108-25-21-104-19-15-87-35-48(77-81-87)31-84(32-49-36-88(82-78-49)16-20-107-24-28-111-69-58(74-45(5)96)65(103)62(100)53(40-92)115-69)54(70(6,7)8)11-9-10-12-83(29-46-33-85(79-75-46)13-17-105-22-26-109-67-56(72-43(3)94)63(101)60(98)51(38-90)113-67)30-47-34-86(80-76-47)14-18-106-23-27-110-68-57(73-44(4)95)64(102)61(99)52(39-91)114-68/h33-36,41,50-69,89-92,97-103H,9-32,37-40H2,1-8H3,(H,71,93)(H,72,94)(H,73,95)(H,74,96)/t41?,50?,51?,52?,53?,54-,55?,56?,57?,58?,59?,60?,61?,62?,63?,64?,65?,66?,67?,68?,69?/m1/s1. The number of ether oxygens (including phenoxy) is 12. The summed E-state index contributed by atoms with van der Waals surface area (Å²) in [5, 5.41) is 159. The largest absolute Gasteiger partial charge is 0.394 e. The number of amides is 4. The Labute approximate surface area is 665 Å². The van der Waals surface area contributed by atoms with Crippen molar-refractivity contribution in [2.24, 2.45) is 11.3 Å². The summed E-state index contributed by atoms with van der Waals surface area (Å²) in [6.45, 7) is 15.8. The first-order chi connectivity index (χ1) is 55.1. The highest BCUT2D eigenvalue weighted by molar-refractivity contribution is 5.74. The van der Waals surface area contributed by atoms with Crippen LogP contribution in [0.25, 0.3) is 0 Å². The summed E-state index contributed by atoms with van der Waals surface area (Å²) in [7, 11) is 0. The Balaban J connectivity index is 0.906. The molecule has 4 aliphatic heterocycles. The van der Waals surface area contributed by atoms with Gasteiger partial charge in [0.2, 0.25) is 23.6 Å². The number of nitrogens with zero attached hydrogens (tertiary/aromatic N) is 14. The third-order valence-corrected chi connectivity index (χ3v) is 19.8. The smallest absolute Gasteiger partial charge is 0.217 e. The second-order valence-corrected chi connectivity index (χ2v) is 29.9. The number of aliphatic hydroxyl groups is 11. The van der Waals surface area contributed by atoms with Crippen molar-refractivity contribution in [2.75, 3.05) is 112 Å². The van der Waals surface area contributed by atoms with Gasteiger partial charge in [0.15, 0.2) is 25.2 Å². The number of nitrogens with one attached hydrogen (secondary N) is 4. The average Bonchev–Trinajstić information content (AvgIpc) is 1.82. The van der Waals surface area contributed by atoms with Crippen LogP contribution in [-0.2, 0) is 128 Å². The first-order valence-electron chi connectivity index (χ1n) is 38.8.